The van der Waals surface area contributed by atoms with Crippen molar-refractivity contribution in [1.82, 2.24) is 20.3 Å². The quantitative estimate of drug-likeness (QED) is 0.295. The lowest BCUT2D eigenvalue weighted by molar-refractivity contribution is 0.391. The van der Waals surface area contributed by atoms with Gasteiger partial charge in [-0.3, -0.25) is 0 Å². The van der Waals surface area contributed by atoms with Crippen molar-refractivity contribution in [2.24, 2.45) is 0 Å². The SMILES string of the molecule is CCc1ccc(-c2noc(CSc3nnc(SCc4ccc(OC)cc4)s3)n2)cc1. The van der Waals surface area contributed by atoms with Crippen LogP contribution >= 0.6 is 34.9 Å². The van der Waals surface area contributed by atoms with Crippen LogP contribution in [0, 0.1) is 0 Å². The van der Waals surface area contributed by atoms with Crippen LogP contribution in [0.2, 0.25) is 0 Å². The van der Waals surface area contributed by atoms with E-state index in [2.05, 4.69) is 51.5 Å². The second kappa shape index (κ2) is 10.1. The smallest absolute Gasteiger partial charge is 0.237 e. The van der Waals surface area contributed by atoms with Crippen molar-refractivity contribution in [3.05, 3.63) is 65.5 Å². The summed E-state index contributed by atoms with van der Waals surface area (Å²) in [5.74, 6) is 3.46. The number of ether oxygens (including phenoxy) is 1. The van der Waals surface area contributed by atoms with Crippen molar-refractivity contribution in [3.63, 3.8) is 0 Å². The Kier molecular flexibility index (Phi) is 7.03. The average molecular weight is 457 g/mol. The Morgan fingerprint density at radius 3 is 2.23 bits per heavy atom. The highest BCUT2D eigenvalue weighted by Crippen LogP contribution is 2.32. The predicted molar refractivity (Wildman–Crippen MR) is 121 cm³/mol. The van der Waals surface area contributed by atoms with Crippen molar-refractivity contribution >= 4 is 34.9 Å². The molecule has 2 heterocycles. The van der Waals surface area contributed by atoms with Crippen LogP contribution in [0.15, 0.2) is 61.7 Å². The number of benzene rings is 2. The third kappa shape index (κ3) is 5.41. The molecule has 0 amide bonds. The number of hydrogen-bond acceptors (Lipinski definition) is 9. The highest BCUT2D eigenvalue weighted by Gasteiger charge is 2.12. The number of nitrogens with zero attached hydrogens (tertiary/aromatic N) is 4. The monoisotopic (exact) mass is 456 g/mol. The molecule has 2 aromatic heterocycles. The minimum atomic E-state index is 0.567. The summed E-state index contributed by atoms with van der Waals surface area (Å²) in [5, 5.41) is 12.6. The molecule has 0 fully saturated rings. The molecule has 6 nitrogen and oxygen atoms in total. The Labute approximate surface area is 187 Å². The summed E-state index contributed by atoms with van der Waals surface area (Å²) in [6, 6.07) is 16.3. The van der Waals surface area contributed by atoms with E-state index in [0.717, 1.165) is 32.2 Å². The van der Waals surface area contributed by atoms with Crippen LogP contribution in [0.3, 0.4) is 0 Å². The van der Waals surface area contributed by atoms with E-state index < -0.39 is 0 Å². The van der Waals surface area contributed by atoms with Crippen molar-refractivity contribution in [1.29, 1.82) is 0 Å². The van der Waals surface area contributed by atoms with Crippen LogP contribution in [0.4, 0.5) is 0 Å². The Hall–Kier alpha value is -2.36. The first kappa shape index (κ1) is 20.9. The van der Waals surface area contributed by atoms with Crippen LogP contribution in [-0.4, -0.2) is 27.4 Å². The molecule has 0 radical (unpaired) electrons. The number of hydrogen-bond donors (Lipinski definition) is 0. The molecule has 154 valence electrons. The first-order valence-electron chi connectivity index (χ1n) is 9.37. The maximum Gasteiger partial charge on any atom is 0.237 e. The van der Waals surface area contributed by atoms with E-state index in [-0.39, 0.29) is 0 Å². The van der Waals surface area contributed by atoms with Gasteiger partial charge < -0.3 is 9.26 Å². The van der Waals surface area contributed by atoms with Crippen LogP contribution < -0.4 is 4.74 Å². The molecule has 0 spiro atoms. The van der Waals surface area contributed by atoms with Gasteiger partial charge in [0.15, 0.2) is 8.68 Å². The Bertz CT molecular complexity index is 1080. The summed E-state index contributed by atoms with van der Waals surface area (Å²) < 4.78 is 12.4. The van der Waals surface area contributed by atoms with Gasteiger partial charge >= 0.3 is 0 Å². The standard InChI is InChI=1S/C21H20N4O2S3/c1-3-14-4-8-16(9-5-14)19-22-18(27-25-19)13-29-21-24-23-20(30-21)28-12-15-6-10-17(26-2)11-7-15/h4-11H,3,12-13H2,1-2H3. The zero-order valence-electron chi connectivity index (χ0n) is 16.6. The number of aromatic nitrogens is 4. The molecule has 9 heteroatoms. The Morgan fingerprint density at radius 1 is 0.900 bits per heavy atom. The summed E-state index contributed by atoms with van der Waals surface area (Å²) in [4.78, 5) is 4.49. The third-order valence-corrected chi connectivity index (χ3v) is 7.56. The van der Waals surface area contributed by atoms with Gasteiger partial charge in [-0.25, -0.2) is 0 Å². The van der Waals surface area contributed by atoms with Gasteiger partial charge in [0.1, 0.15) is 5.75 Å². The highest BCUT2D eigenvalue weighted by atomic mass is 32.2. The normalized spacial score (nSPS) is 11.0. The van der Waals surface area contributed by atoms with Gasteiger partial charge in [-0.1, -0.05) is 83.3 Å². The molecule has 0 aliphatic carbocycles. The first-order valence-corrected chi connectivity index (χ1v) is 12.2. The lowest BCUT2D eigenvalue weighted by Crippen LogP contribution is -1.84. The second-order valence-corrected chi connectivity index (χ2v) is 9.74. The van der Waals surface area contributed by atoms with Crippen molar-refractivity contribution in [3.8, 4) is 17.1 Å². The van der Waals surface area contributed by atoms with Crippen molar-refractivity contribution in [2.75, 3.05) is 7.11 Å². The van der Waals surface area contributed by atoms with E-state index in [1.807, 2.05) is 24.3 Å². The van der Waals surface area contributed by atoms with E-state index in [0.29, 0.717) is 17.5 Å². The van der Waals surface area contributed by atoms with Crippen LogP contribution in [0.25, 0.3) is 11.4 Å². The lowest BCUT2D eigenvalue weighted by atomic mass is 10.1. The number of methoxy groups -OCH3 is 1. The fraction of sp³-hybridized carbons (Fsp3) is 0.238. The molecule has 0 bridgehead atoms. The minimum absolute atomic E-state index is 0.567. The fourth-order valence-electron chi connectivity index (χ4n) is 2.62. The maximum absolute atomic E-state index is 5.39. The predicted octanol–water partition coefficient (Wildman–Crippen LogP) is 5.74. The van der Waals surface area contributed by atoms with Gasteiger partial charge in [-0.05, 0) is 29.7 Å². The second-order valence-electron chi connectivity index (χ2n) is 6.32. The first-order chi connectivity index (χ1) is 14.7. The van der Waals surface area contributed by atoms with E-state index in [4.69, 9.17) is 9.26 Å². The highest BCUT2D eigenvalue weighted by molar-refractivity contribution is 8.02. The molecule has 0 N–H and O–H groups in total. The largest absolute Gasteiger partial charge is 0.497 e. The summed E-state index contributed by atoms with van der Waals surface area (Å²) in [6.45, 7) is 2.13. The third-order valence-electron chi connectivity index (χ3n) is 4.32. The molecule has 4 aromatic rings. The zero-order chi connectivity index (χ0) is 20.8. The minimum Gasteiger partial charge on any atom is -0.497 e. The molecule has 0 atom stereocenters. The van der Waals surface area contributed by atoms with Gasteiger partial charge in [0.05, 0.1) is 12.9 Å². The van der Waals surface area contributed by atoms with E-state index >= 15 is 0 Å². The van der Waals surface area contributed by atoms with Crippen molar-refractivity contribution < 1.29 is 9.26 Å². The molecule has 4 rings (SSSR count). The van der Waals surface area contributed by atoms with Crippen molar-refractivity contribution in [2.45, 2.75) is 33.5 Å². The molecule has 2 aromatic carbocycles. The molecule has 30 heavy (non-hydrogen) atoms. The van der Waals surface area contributed by atoms with Gasteiger partial charge in [0.2, 0.25) is 11.7 Å². The van der Waals surface area contributed by atoms with E-state index in [1.165, 1.54) is 11.1 Å². The maximum atomic E-state index is 5.39. The number of rotatable bonds is 9. The Balaban J connectivity index is 1.29. The summed E-state index contributed by atoms with van der Waals surface area (Å²) in [7, 11) is 1.67. The van der Waals surface area contributed by atoms with Gasteiger partial charge in [0.25, 0.3) is 0 Å². The molecule has 0 aliphatic heterocycles. The molecule has 0 saturated carbocycles. The van der Waals surface area contributed by atoms with Gasteiger partial charge in [-0.15, -0.1) is 10.2 Å². The van der Waals surface area contributed by atoms with Gasteiger partial charge in [-0.2, -0.15) is 4.98 Å². The topological polar surface area (TPSA) is 73.9 Å². The van der Waals surface area contributed by atoms with Crippen LogP contribution in [0.1, 0.15) is 23.9 Å². The molecular formula is C21H20N4O2S3. The summed E-state index contributed by atoms with van der Waals surface area (Å²) in [5.41, 5.74) is 3.46. The summed E-state index contributed by atoms with van der Waals surface area (Å²) in [6.07, 6.45) is 1.01. The number of aryl methyl sites for hydroxylation is 1. The van der Waals surface area contributed by atoms with Crippen LogP contribution in [-0.2, 0) is 17.9 Å². The average Bonchev–Trinajstić information content (AvgIpc) is 3.46. The molecule has 0 unspecified atom stereocenters. The zero-order valence-corrected chi connectivity index (χ0v) is 19.0. The molecule has 0 aliphatic rings. The summed E-state index contributed by atoms with van der Waals surface area (Å²) >= 11 is 4.80. The molecular weight excluding hydrogens is 436 g/mol. The Morgan fingerprint density at radius 2 is 1.57 bits per heavy atom. The van der Waals surface area contributed by atoms with Gasteiger partial charge in [0, 0.05) is 11.3 Å². The van der Waals surface area contributed by atoms with Crippen LogP contribution in [0.5, 0.6) is 5.75 Å². The molecule has 0 saturated heterocycles. The number of thioether (sulfide) groups is 2. The van der Waals surface area contributed by atoms with E-state index in [9.17, 15) is 0 Å². The fourth-order valence-corrected chi connectivity index (χ4v) is 5.44. The lowest BCUT2D eigenvalue weighted by Gasteiger charge is -2.01. The van der Waals surface area contributed by atoms with E-state index in [1.54, 1.807) is 42.0 Å².